The highest BCUT2D eigenvalue weighted by Crippen LogP contribution is 2.27. The molecular formula is C13H8ClN5. The number of anilines is 3. The maximum absolute atomic E-state index is 9.02. The van der Waals surface area contributed by atoms with Gasteiger partial charge in [0.15, 0.2) is 0 Å². The van der Waals surface area contributed by atoms with Crippen LogP contribution in [0.1, 0.15) is 11.1 Å². The van der Waals surface area contributed by atoms with Gasteiger partial charge in [-0.2, -0.15) is 10.5 Å². The van der Waals surface area contributed by atoms with Crippen LogP contribution in [0.4, 0.5) is 17.2 Å². The van der Waals surface area contributed by atoms with Gasteiger partial charge >= 0.3 is 0 Å². The molecule has 0 bridgehead atoms. The SMILES string of the molecule is N#Cc1ccc(Cl)c(Nc2ncc(N)cc2C#N)c1. The first-order valence-corrected chi connectivity index (χ1v) is 5.64. The van der Waals surface area contributed by atoms with Crippen molar-refractivity contribution in [2.45, 2.75) is 0 Å². The molecule has 0 amide bonds. The summed E-state index contributed by atoms with van der Waals surface area (Å²) in [7, 11) is 0. The average molecular weight is 270 g/mol. The van der Waals surface area contributed by atoms with Gasteiger partial charge in [0.1, 0.15) is 11.9 Å². The topological polar surface area (TPSA) is 98.5 Å². The predicted octanol–water partition coefficient (Wildman–Crippen LogP) is 2.80. The molecule has 92 valence electrons. The lowest BCUT2D eigenvalue weighted by Crippen LogP contribution is -1.99. The summed E-state index contributed by atoms with van der Waals surface area (Å²) in [4.78, 5) is 4.04. The zero-order chi connectivity index (χ0) is 13.8. The van der Waals surface area contributed by atoms with Gasteiger partial charge in [0, 0.05) is 0 Å². The number of pyridine rings is 1. The molecule has 1 aromatic heterocycles. The zero-order valence-corrected chi connectivity index (χ0v) is 10.4. The summed E-state index contributed by atoms with van der Waals surface area (Å²) in [5, 5.41) is 21.2. The van der Waals surface area contributed by atoms with Gasteiger partial charge in [0.25, 0.3) is 0 Å². The summed E-state index contributed by atoms with van der Waals surface area (Å²) in [5.41, 5.74) is 7.24. The van der Waals surface area contributed by atoms with Crippen molar-refractivity contribution in [3.63, 3.8) is 0 Å². The number of nitrogens with zero attached hydrogens (tertiary/aromatic N) is 3. The molecule has 0 aliphatic rings. The summed E-state index contributed by atoms with van der Waals surface area (Å²) >= 11 is 6.02. The van der Waals surface area contributed by atoms with Crippen molar-refractivity contribution in [1.29, 1.82) is 10.5 Å². The Labute approximate surface area is 114 Å². The van der Waals surface area contributed by atoms with Crippen LogP contribution in [-0.2, 0) is 0 Å². The Morgan fingerprint density at radius 2 is 2.00 bits per heavy atom. The third-order valence-corrected chi connectivity index (χ3v) is 2.71. The number of nitrogen functional groups attached to an aromatic ring is 1. The molecule has 0 saturated carbocycles. The molecule has 0 atom stereocenters. The first-order chi connectivity index (χ1) is 9.13. The van der Waals surface area contributed by atoms with Crippen molar-refractivity contribution in [2.24, 2.45) is 0 Å². The molecule has 0 aliphatic carbocycles. The monoisotopic (exact) mass is 269 g/mol. The largest absolute Gasteiger partial charge is 0.397 e. The first kappa shape index (κ1) is 12.7. The van der Waals surface area contributed by atoms with E-state index in [2.05, 4.69) is 10.3 Å². The molecule has 3 N–H and O–H groups in total. The Bertz CT molecular complexity index is 712. The Morgan fingerprint density at radius 1 is 1.21 bits per heavy atom. The molecule has 0 fully saturated rings. The zero-order valence-electron chi connectivity index (χ0n) is 9.68. The number of benzene rings is 1. The van der Waals surface area contributed by atoms with Crippen LogP contribution in [0.2, 0.25) is 5.02 Å². The smallest absolute Gasteiger partial charge is 0.148 e. The van der Waals surface area contributed by atoms with E-state index < -0.39 is 0 Å². The Hall–Kier alpha value is -2.76. The summed E-state index contributed by atoms with van der Waals surface area (Å²) in [6.07, 6.45) is 1.44. The van der Waals surface area contributed by atoms with Crippen molar-refractivity contribution in [1.82, 2.24) is 4.98 Å². The fraction of sp³-hybridized carbons (Fsp3) is 0. The van der Waals surface area contributed by atoms with Crippen LogP contribution in [0.25, 0.3) is 0 Å². The first-order valence-electron chi connectivity index (χ1n) is 5.26. The number of halogens is 1. The highest BCUT2D eigenvalue weighted by Gasteiger charge is 2.08. The van der Waals surface area contributed by atoms with E-state index in [4.69, 9.17) is 27.9 Å². The molecule has 19 heavy (non-hydrogen) atoms. The number of rotatable bonds is 2. The number of nitrogens with one attached hydrogen (secondary N) is 1. The normalized spacial score (nSPS) is 9.42. The molecular weight excluding hydrogens is 262 g/mol. The number of nitrogens with two attached hydrogens (primary N) is 1. The van der Waals surface area contributed by atoms with Gasteiger partial charge in [-0.3, -0.25) is 0 Å². The Balaban J connectivity index is 2.42. The van der Waals surface area contributed by atoms with E-state index in [1.165, 1.54) is 12.3 Å². The van der Waals surface area contributed by atoms with Gasteiger partial charge in [-0.15, -0.1) is 0 Å². The summed E-state index contributed by atoms with van der Waals surface area (Å²) < 4.78 is 0. The van der Waals surface area contributed by atoms with Gasteiger partial charge in [0.05, 0.1) is 39.8 Å². The molecule has 1 aromatic carbocycles. The molecule has 0 unspecified atom stereocenters. The minimum atomic E-state index is 0.304. The second kappa shape index (κ2) is 5.26. The molecule has 0 saturated heterocycles. The van der Waals surface area contributed by atoms with E-state index in [0.29, 0.717) is 33.3 Å². The quantitative estimate of drug-likeness (QED) is 0.873. The van der Waals surface area contributed by atoms with Crippen molar-refractivity contribution < 1.29 is 0 Å². The lowest BCUT2D eigenvalue weighted by atomic mass is 10.2. The van der Waals surface area contributed by atoms with E-state index in [-0.39, 0.29) is 0 Å². The van der Waals surface area contributed by atoms with Gasteiger partial charge in [-0.1, -0.05) is 11.6 Å². The van der Waals surface area contributed by atoms with Gasteiger partial charge in [-0.05, 0) is 24.3 Å². The maximum atomic E-state index is 9.02. The predicted molar refractivity (Wildman–Crippen MR) is 72.8 cm³/mol. The number of hydrogen-bond acceptors (Lipinski definition) is 5. The standard InChI is InChI=1S/C13H8ClN5/c14-11-2-1-8(5-15)3-12(11)19-13-9(6-16)4-10(17)7-18-13/h1-4,7H,17H2,(H,18,19). The lowest BCUT2D eigenvalue weighted by molar-refractivity contribution is 1.29. The third-order valence-electron chi connectivity index (χ3n) is 2.38. The van der Waals surface area contributed by atoms with Crippen LogP contribution in [0.3, 0.4) is 0 Å². The molecule has 1 heterocycles. The van der Waals surface area contributed by atoms with Crippen LogP contribution in [0, 0.1) is 22.7 Å². The van der Waals surface area contributed by atoms with E-state index in [1.807, 2.05) is 12.1 Å². The minimum Gasteiger partial charge on any atom is -0.397 e. The summed E-state index contributed by atoms with van der Waals surface area (Å²) in [6.45, 7) is 0. The molecule has 6 heteroatoms. The second-order valence-electron chi connectivity index (χ2n) is 3.71. The van der Waals surface area contributed by atoms with Crippen LogP contribution in [0.5, 0.6) is 0 Å². The second-order valence-corrected chi connectivity index (χ2v) is 4.12. The molecule has 0 spiro atoms. The molecule has 2 aromatic rings. The van der Waals surface area contributed by atoms with Crippen molar-refractivity contribution in [3.8, 4) is 12.1 Å². The highest BCUT2D eigenvalue weighted by atomic mass is 35.5. The molecule has 0 aliphatic heterocycles. The number of hydrogen-bond donors (Lipinski definition) is 2. The fourth-order valence-corrected chi connectivity index (χ4v) is 1.65. The lowest BCUT2D eigenvalue weighted by Gasteiger charge is -2.09. The van der Waals surface area contributed by atoms with Crippen LogP contribution >= 0.6 is 11.6 Å². The van der Waals surface area contributed by atoms with E-state index in [9.17, 15) is 0 Å². The maximum Gasteiger partial charge on any atom is 0.148 e. The number of aromatic nitrogens is 1. The fourth-order valence-electron chi connectivity index (χ4n) is 1.48. The van der Waals surface area contributed by atoms with Crippen molar-refractivity contribution >= 4 is 28.8 Å². The molecule has 5 nitrogen and oxygen atoms in total. The van der Waals surface area contributed by atoms with Crippen LogP contribution in [0.15, 0.2) is 30.5 Å². The summed E-state index contributed by atoms with van der Waals surface area (Å²) in [5.74, 6) is 0.341. The van der Waals surface area contributed by atoms with Crippen molar-refractivity contribution in [3.05, 3.63) is 46.6 Å². The average Bonchev–Trinajstić information content (AvgIpc) is 2.43. The Kier molecular flexibility index (Phi) is 3.51. The van der Waals surface area contributed by atoms with Crippen molar-refractivity contribution in [2.75, 3.05) is 11.1 Å². The Morgan fingerprint density at radius 3 is 2.68 bits per heavy atom. The third kappa shape index (κ3) is 2.74. The number of nitriles is 2. The van der Waals surface area contributed by atoms with E-state index >= 15 is 0 Å². The van der Waals surface area contributed by atoms with E-state index in [0.717, 1.165) is 0 Å². The molecule has 0 radical (unpaired) electrons. The van der Waals surface area contributed by atoms with Crippen LogP contribution < -0.4 is 11.1 Å². The van der Waals surface area contributed by atoms with Gasteiger partial charge < -0.3 is 11.1 Å². The van der Waals surface area contributed by atoms with Gasteiger partial charge in [0.2, 0.25) is 0 Å². The highest BCUT2D eigenvalue weighted by molar-refractivity contribution is 6.33. The van der Waals surface area contributed by atoms with Gasteiger partial charge in [-0.25, -0.2) is 4.98 Å². The summed E-state index contributed by atoms with van der Waals surface area (Å²) in [6, 6.07) is 10.3. The van der Waals surface area contributed by atoms with E-state index in [1.54, 1.807) is 18.2 Å². The minimum absolute atomic E-state index is 0.304. The molecule has 2 rings (SSSR count). The van der Waals surface area contributed by atoms with Crippen LogP contribution in [-0.4, -0.2) is 4.98 Å².